The van der Waals surface area contributed by atoms with Crippen molar-refractivity contribution >= 4 is 0 Å². The van der Waals surface area contributed by atoms with E-state index in [0.29, 0.717) is 11.7 Å². The Hall–Kier alpha value is -1.68. The second-order valence-electron chi connectivity index (χ2n) is 4.51. The van der Waals surface area contributed by atoms with E-state index in [0.717, 1.165) is 31.0 Å². The Balaban J connectivity index is 1.86. The van der Waals surface area contributed by atoms with Gasteiger partial charge >= 0.3 is 0 Å². The van der Waals surface area contributed by atoms with Crippen LogP contribution >= 0.6 is 0 Å². The SMILES string of the molecule is Cc1ccc(-c2noc([C@@H]3CCNC3)n2)cc1. The zero-order valence-electron chi connectivity index (χ0n) is 9.81. The summed E-state index contributed by atoms with van der Waals surface area (Å²) in [6, 6.07) is 8.17. The summed E-state index contributed by atoms with van der Waals surface area (Å²) in [6.45, 7) is 4.04. The maximum atomic E-state index is 5.33. The summed E-state index contributed by atoms with van der Waals surface area (Å²) in [6.07, 6.45) is 1.08. The highest BCUT2D eigenvalue weighted by Crippen LogP contribution is 2.23. The third-order valence-electron chi connectivity index (χ3n) is 3.16. The molecule has 1 N–H and O–H groups in total. The van der Waals surface area contributed by atoms with E-state index in [-0.39, 0.29) is 0 Å². The summed E-state index contributed by atoms with van der Waals surface area (Å²) in [5.41, 5.74) is 2.24. The average molecular weight is 229 g/mol. The molecule has 0 spiro atoms. The van der Waals surface area contributed by atoms with Gasteiger partial charge in [0.25, 0.3) is 0 Å². The third kappa shape index (κ3) is 2.08. The molecule has 88 valence electrons. The van der Waals surface area contributed by atoms with Gasteiger partial charge in [-0.3, -0.25) is 0 Å². The number of hydrogen-bond acceptors (Lipinski definition) is 4. The van der Waals surface area contributed by atoms with Gasteiger partial charge in [0.2, 0.25) is 11.7 Å². The van der Waals surface area contributed by atoms with Crippen LogP contribution in [0.1, 0.15) is 23.8 Å². The summed E-state index contributed by atoms with van der Waals surface area (Å²) >= 11 is 0. The fourth-order valence-electron chi connectivity index (χ4n) is 2.09. The van der Waals surface area contributed by atoms with Crippen LogP contribution in [0, 0.1) is 6.92 Å². The Morgan fingerprint density at radius 1 is 1.29 bits per heavy atom. The number of aryl methyl sites for hydroxylation is 1. The van der Waals surface area contributed by atoms with E-state index >= 15 is 0 Å². The molecule has 0 radical (unpaired) electrons. The minimum absolute atomic E-state index is 0.377. The molecule has 1 saturated heterocycles. The molecule has 0 saturated carbocycles. The topological polar surface area (TPSA) is 51.0 Å². The standard InChI is InChI=1S/C13H15N3O/c1-9-2-4-10(5-3-9)12-15-13(17-16-12)11-6-7-14-8-11/h2-5,11,14H,6-8H2,1H3/t11-/m1/s1. The highest BCUT2D eigenvalue weighted by molar-refractivity contribution is 5.54. The quantitative estimate of drug-likeness (QED) is 0.857. The highest BCUT2D eigenvalue weighted by Gasteiger charge is 2.22. The van der Waals surface area contributed by atoms with Crippen LogP contribution in [0.2, 0.25) is 0 Å². The Morgan fingerprint density at radius 2 is 2.12 bits per heavy atom. The number of benzene rings is 1. The van der Waals surface area contributed by atoms with Crippen LogP contribution in [0.15, 0.2) is 28.8 Å². The van der Waals surface area contributed by atoms with Crippen molar-refractivity contribution in [2.75, 3.05) is 13.1 Å². The Kier molecular flexibility index (Phi) is 2.65. The molecule has 1 fully saturated rings. The Labute approximate surface area is 100 Å². The smallest absolute Gasteiger partial charge is 0.231 e. The lowest BCUT2D eigenvalue weighted by atomic mass is 10.1. The van der Waals surface area contributed by atoms with Crippen molar-refractivity contribution in [2.45, 2.75) is 19.3 Å². The normalized spacial score (nSPS) is 19.7. The van der Waals surface area contributed by atoms with Crippen molar-refractivity contribution in [1.82, 2.24) is 15.5 Å². The lowest BCUT2D eigenvalue weighted by Crippen LogP contribution is -2.08. The van der Waals surface area contributed by atoms with E-state index in [2.05, 4.69) is 34.5 Å². The molecule has 2 aromatic rings. The first-order valence-electron chi connectivity index (χ1n) is 5.94. The molecule has 0 amide bonds. The first-order chi connectivity index (χ1) is 8.33. The molecule has 1 aliphatic heterocycles. The van der Waals surface area contributed by atoms with Gasteiger partial charge in [0.15, 0.2) is 0 Å². The van der Waals surface area contributed by atoms with Gasteiger partial charge in [0, 0.05) is 12.1 Å². The molecule has 17 heavy (non-hydrogen) atoms. The minimum atomic E-state index is 0.377. The largest absolute Gasteiger partial charge is 0.339 e. The summed E-state index contributed by atoms with van der Waals surface area (Å²) in [5.74, 6) is 1.82. The maximum Gasteiger partial charge on any atom is 0.231 e. The molecule has 4 nitrogen and oxygen atoms in total. The van der Waals surface area contributed by atoms with Crippen molar-refractivity contribution in [3.8, 4) is 11.4 Å². The van der Waals surface area contributed by atoms with Gasteiger partial charge in [0.1, 0.15) is 0 Å². The van der Waals surface area contributed by atoms with Crippen molar-refractivity contribution in [2.24, 2.45) is 0 Å². The van der Waals surface area contributed by atoms with E-state index in [1.807, 2.05) is 12.1 Å². The maximum absolute atomic E-state index is 5.33. The van der Waals surface area contributed by atoms with Crippen LogP contribution in [-0.2, 0) is 0 Å². The molecule has 1 aromatic heterocycles. The van der Waals surface area contributed by atoms with Gasteiger partial charge in [-0.05, 0) is 19.9 Å². The van der Waals surface area contributed by atoms with E-state index in [4.69, 9.17) is 4.52 Å². The fraction of sp³-hybridized carbons (Fsp3) is 0.385. The number of aromatic nitrogens is 2. The molecule has 0 unspecified atom stereocenters. The zero-order chi connectivity index (χ0) is 11.7. The van der Waals surface area contributed by atoms with E-state index in [9.17, 15) is 0 Å². The van der Waals surface area contributed by atoms with Gasteiger partial charge in [-0.1, -0.05) is 35.0 Å². The van der Waals surface area contributed by atoms with Gasteiger partial charge in [-0.2, -0.15) is 4.98 Å². The first-order valence-corrected chi connectivity index (χ1v) is 5.94. The summed E-state index contributed by atoms with van der Waals surface area (Å²) in [7, 11) is 0. The highest BCUT2D eigenvalue weighted by atomic mass is 16.5. The predicted octanol–water partition coefficient (Wildman–Crippen LogP) is 2.12. The Morgan fingerprint density at radius 3 is 2.82 bits per heavy atom. The van der Waals surface area contributed by atoms with Gasteiger partial charge < -0.3 is 9.84 Å². The molecule has 1 aromatic carbocycles. The number of rotatable bonds is 2. The second-order valence-corrected chi connectivity index (χ2v) is 4.51. The van der Waals surface area contributed by atoms with Crippen LogP contribution < -0.4 is 5.32 Å². The third-order valence-corrected chi connectivity index (χ3v) is 3.16. The van der Waals surface area contributed by atoms with Gasteiger partial charge in [0.05, 0.1) is 5.92 Å². The summed E-state index contributed by atoms with van der Waals surface area (Å²) in [5, 5.41) is 7.35. The average Bonchev–Trinajstić information content (AvgIpc) is 3.00. The molecule has 1 atom stereocenters. The van der Waals surface area contributed by atoms with Gasteiger partial charge in [-0.15, -0.1) is 0 Å². The molecule has 4 heteroatoms. The molecular weight excluding hydrogens is 214 g/mol. The first kappa shape index (κ1) is 10.5. The van der Waals surface area contributed by atoms with Crippen molar-refractivity contribution in [1.29, 1.82) is 0 Å². The molecule has 2 heterocycles. The van der Waals surface area contributed by atoms with Crippen LogP contribution in [0.25, 0.3) is 11.4 Å². The van der Waals surface area contributed by atoms with Crippen molar-refractivity contribution in [3.63, 3.8) is 0 Å². The predicted molar refractivity (Wildman–Crippen MR) is 64.7 cm³/mol. The van der Waals surface area contributed by atoms with Crippen LogP contribution in [0.3, 0.4) is 0 Å². The number of nitrogens with one attached hydrogen (secondary N) is 1. The fourth-order valence-corrected chi connectivity index (χ4v) is 2.09. The molecule has 3 rings (SSSR count). The van der Waals surface area contributed by atoms with E-state index in [1.165, 1.54) is 5.56 Å². The lowest BCUT2D eigenvalue weighted by molar-refractivity contribution is 0.359. The van der Waals surface area contributed by atoms with E-state index in [1.54, 1.807) is 0 Å². The molecule has 1 aliphatic rings. The van der Waals surface area contributed by atoms with Gasteiger partial charge in [-0.25, -0.2) is 0 Å². The monoisotopic (exact) mass is 229 g/mol. The zero-order valence-corrected chi connectivity index (χ0v) is 9.81. The number of hydrogen-bond donors (Lipinski definition) is 1. The van der Waals surface area contributed by atoms with Crippen molar-refractivity contribution < 1.29 is 4.52 Å². The molecule has 0 aliphatic carbocycles. The van der Waals surface area contributed by atoms with E-state index < -0.39 is 0 Å². The summed E-state index contributed by atoms with van der Waals surface area (Å²) < 4.78 is 5.33. The molecular formula is C13H15N3O. The second kappa shape index (κ2) is 4.30. The minimum Gasteiger partial charge on any atom is -0.339 e. The van der Waals surface area contributed by atoms with Crippen LogP contribution in [0.5, 0.6) is 0 Å². The van der Waals surface area contributed by atoms with Crippen LogP contribution in [-0.4, -0.2) is 23.2 Å². The summed E-state index contributed by atoms with van der Waals surface area (Å²) in [4.78, 5) is 4.47. The van der Waals surface area contributed by atoms with Crippen LogP contribution in [0.4, 0.5) is 0 Å². The van der Waals surface area contributed by atoms with Crippen molar-refractivity contribution in [3.05, 3.63) is 35.7 Å². The lowest BCUT2D eigenvalue weighted by Gasteiger charge is -1.98. The Bertz CT molecular complexity index is 498. The number of nitrogens with zero attached hydrogens (tertiary/aromatic N) is 2. The molecule has 0 bridgehead atoms.